The number of carbonyl (C=O) groups is 1. The summed E-state index contributed by atoms with van der Waals surface area (Å²) in [4.78, 5) is 10.6. The molecule has 0 amide bonds. The summed E-state index contributed by atoms with van der Waals surface area (Å²) in [5.41, 5.74) is 2.14. The minimum Gasteiger partial charge on any atom is -0.298 e. The summed E-state index contributed by atoms with van der Waals surface area (Å²) in [5.74, 6) is 3.17. The highest BCUT2D eigenvalue weighted by Gasteiger charge is 2.15. The lowest BCUT2D eigenvalue weighted by molar-refractivity contribution is 0.112. The van der Waals surface area contributed by atoms with Crippen LogP contribution in [0.3, 0.4) is 0 Å². The number of carbonyl (C=O) groups excluding carboxylic acids is 1. The molecule has 74 valence electrons. The molecule has 1 nitrogen and oxygen atoms in total. The Morgan fingerprint density at radius 3 is 3.07 bits per heavy atom. The molecular formula is C12H14OS. The van der Waals surface area contributed by atoms with Crippen LogP contribution in [0.5, 0.6) is 0 Å². The minimum absolute atomic E-state index is 0.661. The maximum atomic E-state index is 10.6. The largest absolute Gasteiger partial charge is 0.298 e. The summed E-state index contributed by atoms with van der Waals surface area (Å²) in [6.45, 7) is 0. The number of hydrogen-bond acceptors (Lipinski definition) is 2. The standard InChI is InChI=1S/C12H14OS/c13-8-10-3-1-4-11(7-10)12-5-2-6-14-9-12/h1,3-4,7-8,12H,2,5-6,9H2. The van der Waals surface area contributed by atoms with Crippen molar-refractivity contribution in [3.63, 3.8) is 0 Å². The van der Waals surface area contributed by atoms with Crippen molar-refractivity contribution in [3.8, 4) is 0 Å². The van der Waals surface area contributed by atoms with Crippen molar-refractivity contribution >= 4 is 18.0 Å². The molecule has 1 heterocycles. The topological polar surface area (TPSA) is 17.1 Å². The second-order valence-electron chi connectivity index (χ2n) is 3.70. The van der Waals surface area contributed by atoms with Gasteiger partial charge in [0.15, 0.2) is 0 Å². The number of rotatable bonds is 2. The second kappa shape index (κ2) is 4.65. The van der Waals surface area contributed by atoms with Crippen LogP contribution in [0.15, 0.2) is 24.3 Å². The average molecular weight is 206 g/mol. The molecule has 2 heteroatoms. The van der Waals surface area contributed by atoms with E-state index in [2.05, 4.69) is 6.07 Å². The van der Waals surface area contributed by atoms with Crippen LogP contribution < -0.4 is 0 Å². The first-order chi connectivity index (χ1) is 6.90. The smallest absolute Gasteiger partial charge is 0.150 e. The molecule has 1 unspecified atom stereocenters. The lowest BCUT2D eigenvalue weighted by Crippen LogP contribution is -2.08. The molecule has 0 saturated carbocycles. The third-order valence-electron chi connectivity index (χ3n) is 2.68. The molecule has 1 aliphatic rings. The molecule has 1 fully saturated rings. The van der Waals surface area contributed by atoms with Crippen molar-refractivity contribution < 1.29 is 4.79 Å². The van der Waals surface area contributed by atoms with Gasteiger partial charge in [0.05, 0.1) is 0 Å². The third-order valence-corrected chi connectivity index (χ3v) is 3.89. The first kappa shape index (κ1) is 9.78. The molecule has 1 aliphatic heterocycles. The molecule has 1 atom stereocenters. The van der Waals surface area contributed by atoms with Crippen molar-refractivity contribution in [2.75, 3.05) is 11.5 Å². The summed E-state index contributed by atoms with van der Waals surface area (Å²) in [5, 5.41) is 0. The fraction of sp³-hybridized carbons (Fsp3) is 0.417. The predicted molar refractivity (Wildman–Crippen MR) is 61.1 cm³/mol. The Morgan fingerprint density at radius 1 is 1.43 bits per heavy atom. The molecule has 0 aliphatic carbocycles. The van der Waals surface area contributed by atoms with Crippen LogP contribution in [0.2, 0.25) is 0 Å². The van der Waals surface area contributed by atoms with Gasteiger partial charge in [-0.3, -0.25) is 4.79 Å². The molecule has 0 spiro atoms. The van der Waals surface area contributed by atoms with Gasteiger partial charge in [-0.05, 0) is 36.1 Å². The van der Waals surface area contributed by atoms with E-state index in [4.69, 9.17) is 0 Å². The van der Waals surface area contributed by atoms with Gasteiger partial charge in [0, 0.05) is 11.3 Å². The summed E-state index contributed by atoms with van der Waals surface area (Å²) >= 11 is 2.02. The SMILES string of the molecule is O=Cc1cccc(C2CCCSC2)c1. The normalized spacial score (nSPS) is 21.9. The van der Waals surface area contributed by atoms with Crippen LogP contribution in [0.1, 0.15) is 34.7 Å². The Hall–Kier alpha value is -0.760. The van der Waals surface area contributed by atoms with Crippen LogP contribution in [0.4, 0.5) is 0 Å². The highest BCUT2D eigenvalue weighted by atomic mass is 32.2. The molecule has 0 N–H and O–H groups in total. The third kappa shape index (κ3) is 2.18. The average Bonchev–Trinajstić information content (AvgIpc) is 2.30. The molecule has 0 aromatic heterocycles. The number of thioether (sulfide) groups is 1. The molecular weight excluding hydrogens is 192 g/mol. The Labute approximate surface area is 88.9 Å². The maximum absolute atomic E-state index is 10.6. The van der Waals surface area contributed by atoms with Crippen LogP contribution in [-0.4, -0.2) is 17.8 Å². The number of benzene rings is 1. The van der Waals surface area contributed by atoms with E-state index in [1.165, 1.54) is 29.9 Å². The van der Waals surface area contributed by atoms with Gasteiger partial charge >= 0.3 is 0 Å². The summed E-state index contributed by atoms with van der Waals surface area (Å²) < 4.78 is 0. The maximum Gasteiger partial charge on any atom is 0.150 e. The molecule has 1 aromatic carbocycles. The van der Waals surface area contributed by atoms with Crippen molar-refractivity contribution in [1.29, 1.82) is 0 Å². The number of aldehydes is 1. The molecule has 0 bridgehead atoms. The summed E-state index contributed by atoms with van der Waals surface area (Å²) in [7, 11) is 0. The van der Waals surface area contributed by atoms with Gasteiger partial charge < -0.3 is 0 Å². The van der Waals surface area contributed by atoms with Crippen molar-refractivity contribution in [1.82, 2.24) is 0 Å². The lowest BCUT2D eigenvalue weighted by atomic mass is 9.95. The predicted octanol–water partition coefficient (Wildman–Crippen LogP) is 3.11. The first-order valence-corrected chi connectivity index (χ1v) is 6.18. The van der Waals surface area contributed by atoms with Crippen LogP contribution in [-0.2, 0) is 0 Å². The Kier molecular flexibility index (Phi) is 3.25. The van der Waals surface area contributed by atoms with E-state index in [-0.39, 0.29) is 0 Å². The van der Waals surface area contributed by atoms with E-state index >= 15 is 0 Å². The van der Waals surface area contributed by atoms with E-state index < -0.39 is 0 Å². The van der Waals surface area contributed by atoms with Crippen molar-refractivity contribution in [3.05, 3.63) is 35.4 Å². The van der Waals surface area contributed by atoms with E-state index in [1.54, 1.807) is 0 Å². The summed E-state index contributed by atoms with van der Waals surface area (Å²) in [6, 6.07) is 8.03. The zero-order valence-corrected chi connectivity index (χ0v) is 8.93. The van der Waals surface area contributed by atoms with Gasteiger partial charge in [-0.15, -0.1) is 0 Å². The molecule has 2 rings (SSSR count). The monoisotopic (exact) mass is 206 g/mol. The second-order valence-corrected chi connectivity index (χ2v) is 4.85. The molecule has 0 radical (unpaired) electrons. The zero-order chi connectivity index (χ0) is 9.80. The highest BCUT2D eigenvalue weighted by Crippen LogP contribution is 2.31. The van der Waals surface area contributed by atoms with Gasteiger partial charge in [-0.25, -0.2) is 0 Å². The Bertz CT molecular complexity index is 316. The van der Waals surface area contributed by atoms with Gasteiger partial charge in [0.1, 0.15) is 6.29 Å². The zero-order valence-electron chi connectivity index (χ0n) is 8.11. The van der Waals surface area contributed by atoms with Gasteiger partial charge in [0.25, 0.3) is 0 Å². The molecule has 14 heavy (non-hydrogen) atoms. The molecule has 1 saturated heterocycles. The van der Waals surface area contributed by atoms with Gasteiger partial charge in [-0.2, -0.15) is 11.8 Å². The fourth-order valence-corrected chi connectivity index (χ4v) is 3.07. The van der Waals surface area contributed by atoms with Gasteiger partial charge in [-0.1, -0.05) is 18.2 Å². The Morgan fingerprint density at radius 2 is 2.36 bits per heavy atom. The number of hydrogen-bond donors (Lipinski definition) is 0. The van der Waals surface area contributed by atoms with Crippen molar-refractivity contribution in [2.45, 2.75) is 18.8 Å². The fourth-order valence-electron chi connectivity index (χ4n) is 1.89. The summed E-state index contributed by atoms with van der Waals surface area (Å²) in [6.07, 6.45) is 3.51. The molecule has 1 aromatic rings. The van der Waals surface area contributed by atoms with Gasteiger partial charge in [0.2, 0.25) is 0 Å². The van der Waals surface area contributed by atoms with Crippen LogP contribution in [0.25, 0.3) is 0 Å². The quantitative estimate of drug-likeness (QED) is 0.692. The van der Waals surface area contributed by atoms with Crippen LogP contribution >= 0.6 is 11.8 Å². The van der Waals surface area contributed by atoms with E-state index in [1.807, 2.05) is 30.0 Å². The van der Waals surface area contributed by atoms with E-state index in [0.717, 1.165) is 11.8 Å². The van der Waals surface area contributed by atoms with E-state index in [0.29, 0.717) is 5.92 Å². The first-order valence-electron chi connectivity index (χ1n) is 5.03. The van der Waals surface area contributed by atoms with Crippen LogP contribution in [0, 0.1) is 0 Å². The highest BCUT2D eigenvalue weighted by molar-refractivity contribution is 7.99. The minimum atomic E-state index is 0.661. The lowest BCUT2D eigenvalue weighted by Gasteiger charge is -2.21. The van der Waals surface area contributed by atoms with E-state index in [9.17, 15) is 4.79 Å². The Balaban J connectivity index is 2.17. The van der Waals surface area contributed by atoms with Crippen molar-refractivity contribution in [2.24, 2.45) is 0 Å².